The lowest BCUT2D eigenvalue weighted by atomic mass is 9.89. The minimum atomic E-state index is -0.117. The monoisotopic (exact) mass is 178 g/mol. The van der Waals surface area contributed by atoms with Crippen molar-refractivity contribution < 1.29 is 4.79 Å². The predicted octanol–water partition coefficient (Wildman–Crippen LogP) is 1.81. The van der Waals surface area contributed by atoms with Crippen LogP contribution in [-0.4, -0.2) is 16.0 Å². The van der Waals surface area contributed by atoms with Crippen LogP contribution in [0.2, 0.25) is 0 Å². The summed E-state index contributed by atoms with van der Waals surface area (Å²) in [7, 11) is 0. The molecule has 0 bridgehead atoms. The highest BCUT2D eigenvalue weighted by molar-refractivity contribution is 5.83. The van der Waals surface area contributed by atoms with E-state index in [2.05, 4.69) is 10.2 Å². The van der Waals surface area contributed by atoms with Gasteiger partial charge in [0.05, 0.1) is 11.6 Å². The molecule has 0 amide bonds. The number of Topliss-reactive ketones (excluding diaryl/α,β-unsaturated/α-hetero) is 1. The first-order valence-corrected chi connectivity index (χ1v) is 4.41. The third kappa shape index (κ3) is 2.34. The fourth-order valence-corrected chi connectivity index (χ4v) is 1.50. The summed E-state index contributed by atoms with van der Waals surface area (Å²) >= 11 is 0. The molecule has 70 valence electrons. The van der Waals surface area contributed by atoms with Gasteiger partial charge in [-0.2, -0.15) is 10.2 Å². The van der Waals surface area contributed by atoms with E-state index in [1.165, 1.54) is 0 Å². The first-order chi connectivity index (χ1) is 6.13. The summed E-state index contributed by atoms with van der Waals surface area (Å²) in [6, 6.07) is 3.65. The Morgan fingerprint density at radius 3 is 2.54 bits per heavy atom. The van der Waals surface area contributed by atoms with Gasteiger partial charge in [0, 0.05) is 6.20 Å². The zero-order chi connectivity index (χ0) is 9.84. The lowest BCUT2D eigenvalue weighted by Gasteiger charge is -2.15. The van der Waals surface area contributed by atoms with Gasteiger partial charge < -0.3 is 0 Å². The second kappa shape index (κ2) is 4.12. The van der Waals surface area contributed by atoms with Crippen LogP contribution in [0.3, 0.4) is 0 Å². The number of carbonyl (C=O) groups is 1. The van der Waals surface area contributed by atoms with Crippen LogP contribution in [0, 0.1) is 5.92 Å². The predicted molar refractivity (Wildman–Crippen MR) is 50.3 cm³/mol. The Hall–Kier alpha value is -1.25. The summed E-state index contributed by atoms with van der Waals surface area (Å²) in [4.78, 5) is 11.3. The van der Waals surface area contributed by atoms with Crippen LogP contribution < -0.4 is 0 Å². The topological polar surface area (TPSA) is 42.9 Å². The Kier molecular flexibility index (Phi) is 3.12. The van der Waals surface area contributed by atoms with Gasteiger partial charge in [0.25, 0.3) is 0 Å². The second-order valence-electron chi connectivity index (χ2n) is 3.48. The molecule has 0 aromatic carbocycles. The lowest BCUT2D eigenvalue weighted by molar-refractivity contribution is -0.119. The molecule has 0 saturated heterocycles. The van der Waals surface area contributed by atoms with Gasteiger partial charge in [-0.3, -0.25) is 4.79 Å². The normalized spacial score (nSPS) is 12.9. The number of carbonyl (C=O) groups excluding carboxylic acids is 1. The zero-order valence-corrected chi connectivity index (χ0v) is 8.19. The average Bonchev–Trinajstić information content (AvgIpc) is 2.04. The minimum absolute atomic E-state index is 0.117. The SMILES string of the molecule is CC(=O)C(c1cccnn1)C(C)C. The van der Waals surface area contributed by atoms with Crippen LogP contribution in [0.15, 0.2) is 18.3 Å². The third-order valence-corrected chi connectivity index (χ3v) is 2.02. The van der Waals surface area contributed by atoms with Gasteiger partial charge in [0.1, 0.15) is 5.78 Å². The maximum absolute atomic E-state index is 11.3. The molecule has 3 nitrogen and oxygen atoms in total. The van der Waals surface area contributed by atoms with E-state index in [0.29, 0.717) is 0 Å². The smallest absolute Gasteiger partial charge is 0.139 e. The van der Waals surface area contributed by atoms with Crippen molar-refractivity contribution in [2.75, 3.05) is 0 Å². The molecule has 0 fully saturated rings. The van der Waals surface area contributed by atoms with E-state index in [1.54, 1.807) is 19.2 Å². The van der Waals surface area contributed by atoms with Crippen molar-refractivity contribution in [1.29, 1.82) is 0 Å². The minimum Gasteiger partial charge on any atom is -0.299 e. The zero-order valence-electron chi connectivity index (χ0n) is 8.19. The molecule has 1 atom stereocenters. The number of nitrogens with zero attached hydrogens (tertiary/aromatic N) is 2. The summed E-state index contributed by atoms with van der Waals surface area (Å²) in [6.07, 6.45) is 1.61. The fourth-order valence-electron chi connectivity index (χ4n) is 1.50. The molecule has 0 N–H and O–H groups in total. The van der Waals surface area contributed by atoms with Gasteiger partial charge in [0.15, 0.2) is 0 Å². The second-order valence-corrected chi connectivity index (χ2v) is 3.48. The quantitative estimate of drug-likeness (QED) is 0.708. The highest BCUT2D eigenvalue weighted by Crippen LogP contribution is 2.22. The summed E-state index contributed by atoms with van der Waals surface area (Å²) in [5.41, 5.74) is 0.769. The number of ketones is 1. The molecule has 0 aliphatic heterocycles. The Morgan fingerprint density at radius 2 is 2.15 bits per heavy atom. The molecule has 0 spiro atoms. The summed E-state index contributed by atoms with van der Waals surface area (Å²) in [5, 5.41) is 7.72. The van der Waals surface area contributed by atoms with Crippen molar-refractivity contribution in [1.82, 2.24) is 10.2 Å². The van der Waals surface area contributed by atoms with Gasteiger partial charge in [-0.1, -0.05) is 13.8 Å². The largest absolute Gasteiger partial charge is 0.299 e. The van der Waals surface area contributed by atoms with E-state index in [-0.39, 0.29) is 17.6 Å². The molecule has 1 aromatic rings. The maximum atomic E-state index is 11.3. The summed E-state index contributed by atoms with van der Waals surface area (Å²) in [6.45, 7) is 5.63. The number of rotatable bonds is 3. The Balaban J connectivity index is 2.96. The summed E-state index contributed by atoms with van der Waals surface area (Å²) in [5.74, 6) is 0.304. The Morgan fingerprint density at radius 1 is 1.46 bits per heavy atom. The first kappa shape index (κ1) is 9.84. The molecular formula is C10H14N2O. The van der Waals surface area contributed by atoms with Crippen LogP contribution in [0.4, 0.5) is 0 Å². The van der Waals surface area contributed by atoms with Crippen molar-refractivity contribution in [2.45, 2.75) is 26.7 Å². The van der Waals surface area contributed by atoms with Crippen LogP contribution >= 0.6 is 0 Å². The molecule has 1 aromatic heterocycles. The molecular weight excluding hydrogens is 164 g/mol. The van der Waals surface area contributed by atoms with Crippen LogP contribution in [0.1, 0.15) is 32.4 Å². The molecule has 3 heteroatoms. The molecule has 0 aliphatic rings. The van der Waals surface area contributed by atoms with Crippen LogP contribution in [0.25, 0.3) is 0 Å². The van der Waals surface area contributed by atoms with Gasteiger partial charge in [-0.25, -0.2) is 0 Å². The van der Waals surface area contributed by atoms with Crippen LogP contribution in [-0.2, 0) is 4.79 Å². The van der Waals surface area contributed by atoms with E-state index in [0.717, 1.165) is 5.69 Å². The number of hydrogen-bond acceptors (Lipinski definition) is 3. The van der Waals surface area contributed by atoms with Gasteiger partial charge in [-0.05, 0) is 25.0 Å². The average molecular weight is 178 g/mol. The van der Waals surface area contributed by atoms with E-state index in [4.69, 9.17) is 0 Å². The molecule has 1 rings (SSSR count). The third-order valence-electron chi connectivity index (χ3n) is 2.02. The van der Waals surface area contributed by atoms with E-state index in [1.807, 2.05) is 19.9 Å². The van der Waals surface area contributed by atoms with E-state index < -0.39 is 0 Å². The van der Waals surface area contributed by atoms with Gasteiger partial charge in [0.2, 0.25) is 0 Å². The van der Waals surface area contributed by atoms with Crippen molar-refractivity contribution in [3.8, 4) is 0 Å². The van der Waals surface area contributed by atoms with Crippen molar-refractivity contribution in [2.24, 2.45) is 5.92 Å². The van der Waals surface area contributed by atoms with Crippen molar-refractivity contribution >= 4 is 5.78 Å². The fraction of sp³-hybridized carbons (Fsp3) is 0.500. The van der Waals surface area contributed by atoms with E-state index in [9.17, 15) is 4.79 Å². The van der Waals surface area contributed by atoms with Crippen molar-refractivity contribution in [3.05, 3.63) is 24.0 Å². The standard InChI is InChI=1S/C10H14N2O/c1-7(2)10(8(3)13)9-5-4-6-11-12-9/h4-7,10H,1-3H3. The molecule has 1 unspecified atom stereocenters. The molecule has 0 saturated carbocycles. The molecule has 1 heterocycles. The number of hydrogen-bond donors (Lipinski definition) is 0. The van der Waals surface area contributed by atoms with Gasteiger partial charge >= 0.3 is 0 Å². The first-order valence-electron chi connectivity index (χ1n) is 4.41. The highest BCUT2D eigenvalue weighted by atomic mass is 16.1. The van der Waals surface area contributed by atoms with Crippen molar-refractivity contribution in [3.63, 3.8) is 0 Å². The Bertz CT molecular complexity index is 282. The Labute approximate surface area is 78.2 Å². The number of aromatic nitrogens is 2. The lowest BCUT2D eigenvalue weighted by Crippen LogP contribution is -2.16. The van der Waals surface area contributed by atoms with E-state index >= 15 is 0 Å². The maximum Gasteiger partial charge on any atom is 0.139 e. The highest BCUT2D eigenvalue weighted by Gasteiger charge is 2.21. The molecule has 0 aliphatic carbocycles. The summed E-state index contributed by atoms with van der Waals surface area (Å²) < 4.78 is 0. The van der Waals surface area contributed by atoms with Gasteiger partial charge in [-0.15, -0.1) is 0 Å². The molecule has 13 heavy (non-hydrogen) atoms. The molecule has 0 radical (unpaired) electrons. The van der Waals surface area contributed by atoms with Crippen LogP contribution in [0.5, 0.6) is 0 Å².